The lowest BCUT2D eigenvalue weighted by molar-refractivity contribution is 1.07. The van der Waals surface area contributed by atoms with Crippen LogP contribution >= 0.6 is 0 Å². The summed E-state index contributed by atoms with van der Waals surface area (Å²) < 4.78 is 2.38. The smallest absolute Gasteiger partial charge is 0.164 e. The first kappa shape index (κ1) is 32.2. The van der Waals surface area contributed by atoms with Crippen LogP contribution in [0.4, 0.5) is 0 Å². The highest BCUT2D eigenvalue weighted by Crippen LogP contribution is 2.37. The third-order valence-electron chi connectivity index (χ3n) is 10.2. The number of benzene rings is 8. The first-order chi connectivity index (χ1) is 27.2. The fraction of sp³-hybridized carbons (Fsp3) is 0. The number of fused-ring (bicyclic) bond motifs is 3. The average Bonchev–Trinajstić information content (AvgIpc) is 3.61. The normalized spacial score (nSPS) is 11.3. The van der Waals surface area contributed by atoms with Crippen LogP contribution in [-0.4, -0.2) is 19.5 Å². The van der Waals surface area contributed by atoms with Gasteiger partial charge in [0.2, 0.25) is 0 Å². The zero-order valence-electron chi connectivity index (χ0n) is 29.9. The van der Waals surface area contributed by atoms with E-state index in [9.17, 15) is 0 Å². The van der Waals surface area contributed by atoms with E-state index in [4.69, 9.17) is 15.0 Å². The van der Waals surface area contributed by atoms with Gasteiger partial charge in [0, 0.05) is 33.2 Å². The number of para-hydroxylation sites is 2. The Bertz CT molecular complexity index is 2860. The van der Waals surface area contributed by atoms with E-state index in [0.717, 1.165) is 55.8 Å². The van der Waals surface area contributed by atoms with Crippen LogP contribution in [0.25, 0.3) is 95.0 Å². The summed E-state index contributed by atoms with van der Waals surface area (Å²) in [4.78, 5) is 14.9. The fourth-order valence-corrected chi connectivity index (χ4v) is 7.56. The van der Waals surface area contributed by atoms with Crippen LogP contribution in [-0.2, 0) is 0 Å². The van der Waals surface area contributed by atoms with Crippen LogP contribution in [0.5, 0.6) is 0 Å². The molecular weight excluding hydrogens is 669 g/mol. The van der Waals surface area contributed by atoms with Crippen LogP contribution in [0.15, 0.2) is 206 Å². The van der Waals surface area contributed by atoms with E-state index in [-0.39, 0.29) is 0 Å². The summed E-state index contributed by atoms with van der Waals surface area (Å²) >= 11 is 0. The quantitative estimate of drug-likeness (QED) is 0.166. The van der Waals surface area contributed by atoms with Crippen molar-refractivity contribution in [1.29, 1.82) is 0 Å². The molecule has 2 aromatic heterocycles. The van der Waals surface area contributed by atoms with Gasteiger partial charge in [0.05, 0.1) is 11.0 Å². The van der Waals surface area contributed by atoms with Crippen molar-refractivity contribution in [3.05, 3.63) is 206 Å². The van der Waals surface area contributed by atoms with Gasteiger partial charge in [0.15, 0.2) is 17.5 Å². The molecule has 258 valence electrons. The van der Waals surface area contributed by atoms with Crippen LogP contribution in [0.3, 0.4) is 0 Å². The lowest BCUT2D eigenvalue weighted by atomic mass is 9.92. The van der Waals surface area contributed by atoms with Gasteiger partial charge in [-0.3, -0.25) is 0 Å². The molecule has 0 aliphatic carbocycles. The fourth-order valence-electron chi connectivity index (χ4n) is 7.56. The predicted octanol–water partition coefficient (Wildman–Crippen LogP) is 13.0. The molecule has 0 N–H and O–H groups in total. The zero-order chi connectivity index (χ0) is 36.6. The highest BCUT2D eigenvalue weighted by atomic mass is 15.0. The highest BCUT2D eigenvalue weighted by molar-refractivity contribution is 6.09. The van der Waals surface area contributed by atoms with Gasteiger partial charge in [-0.2, -0.15) is 0 Å². The number of hydrogen-bond acceptors (Lipinski definition) is 3. The lowest BCUT2D eigenvalue weighted by Gasteiger charge is -2.14. The van der Waals surface area contributed by atoms with Gasteiger partial charge in [0.25, 0.3) is 0 Å². The third kappa shape index (κ3) is 6.16. The van der Waals surface area contributed by atoms with Gasteiger partial charge in [0.1, 0.15) is 0 Å². The molecule has 0 unspecified atom stereocenters. The zero-order valence-corrected chi connectivity index (χ0v) is 29.9. The molecule has 0 aliphatic heterocycles. The standard InChI is InChI=1S/C51H34N4/c1-4-16-35(17-5-1)41-31-42(33-43(32-41)39-23-15-25-44(34-39)55-47-28-12-10-26-45(47)46-27-11-13-29-48(46)55)38-22-14-24-40(30-38)51-53-49(36-18-6-2-7-19-36)52-50(54-51)37-20-8-3-9-21-37/h1-34H. The molecule has 0 spiro atoms. The van der Waals surface area contributed by atoms with Crippen molar-refractivity contribution >= 4 is 21.8 Å². The molecule has 2 heterocycles. The van der Waals surface area contributed by atoms with E-state index in [1.54, 1.807) is 0 Å². The van der Waals surface area contributed by atoms with E-state index in [2.05, 4.69) is 150 Å². The van der Waals surface area contributed by atoms with E-state index in [0.29, 0.717) is 17.5 Å². The predicted molar refractivity (Wildman–Crippen MR) is 227 cm³/mol. The summed E-state index contributed by atoms with van der Waals surface area (Å²) in [5, 5.41) is 2.50. The van der Waals surface area contributed by atoms with Crippen LogP contribution in [0.1, 0.15) is 0 Å². The molecule has 0 bridgehead atoms. The van der Waals surface area contributed by atoms with E-state index in [1.807, 2.05) is 60.7 Å². The highest BCUT2D eigenvalue weighted by Gasteiger charge is 2.16. The van der Waals surface area contributed by atoms with E-state index >= 15 is 0 Å². The van der Waals surface area contributed by atoms with E-state index in [1.165, 1.54) is 21.8 Å². The van der Waals surface area contributed by atoms with Crippen LogP contribution in [0, 0.1) is 0 Å². The minimum atomic E-state index is 0.632. The molecule has 8 aromatic carbocycles. The van der Waals surface area contributed by atoms with Crippen molar-refractivity contribution in [2.45, 2.75) is 0 Å². The second-order valence-electron chi connectivity index (χ2n) is 13.7. The molecule has 0 saturated heterocycles. The van der Waals surface area contributed by atoms with Crippen LogP contribution in [0.2, 0.25) is 0 Å². The Balaban J connectivity index is 1.11. The van der Waals surface area contributed by atoms with Gasteiger partial charge in [-0.1, -0.05) is 158 Å². The topological polar surface area (TPSA) is 43.6 Å². The maximum Gasteiger partial charge on any atom is 0.164 e. The summed E-state index contributed by atoms with van der Waals surface area (Å²) in [6.07, 6.45) is 0. The van der Waals surface area contributed by atoms with Crippen molar-refractivity contribution in [3.63, 3.8) is 0 Å². The Morgan fingerprint density at radius 1 is 0.255 bits per heavy atom. The van der Waals surface area contributed by atoms with Crippen molar-refractivity contribution in [2.75, 3.05) is 0 Å². The number of rotatable bonds is 7. The SMILES string of the molecule is c1ccc(-c2cc(-c3cccc(-c4nc(-c5ccccc5)nc(-c5ccccc5)n4)c3)cc(-c3cccc(-n4c5ccccc5c5ccccc54)c3)c2)cc1. The van der Waals surface area contributed by atoms with Crippen molar-refractivity contribution < 1.29 is 0 Å². The molecule has 0 saturated carbocycles. The summed E-state index contributed by atoms with van der Waals surface area (Å²) in [5.41, 5.74) is 13.1. The number of aromatic nitrogens is 4. The van der Waals surface area contributed by atoms with Crippen molar-refractivity contribution in [3.8, 4) is 73.2 Å². The van der Waals surface area contributed by atoms with Gasteiger partial charge in [-0.25, -0.2) is 15.0 Å². The summed E-state index contributed by atoms with van der Waals surface area (Å²) in [6.45, 7) is 0. The molecule has 0 aliphatic rings. The molecule has 4 nitrogen and oxygen atoms in total. The summed E-state index contributed by atoms with van der Waals surface area (Å²) in [5.74, 6) is 1.92. The minimum Gasteiger partial charge on any atom is -0.309 e. The average molecular weight is 703 g/mol. The molecular formula is C51H34N4. The van der Waals surface area contributed by atoms with Gasteiger partial charge in [-0.05, 0) is 81.9 Å². The molecule has 0 radical (unpaired) electrons. The Hall–Kier alpha value is -7.43. The largest absolute Gasteiger partial charge is 0.309 e. The van der Waals surface area contributed by atoms with Crippen molar-refractivity contribution in [2.24, 2.45) is 0 Å². The summed E-state index contributed by atoms with van der Waals surface area (Å²) in [6, 6.07) is 72.5. The minimum absolute atomic E-state index is 0.632. The molecule has 10 rings (SSSR count). The number of hydrogen-bond donors (Lipinski definition) is 0. The first-order valence-corrected chi connectivity index (χ1v) is 18.5. The van der Waals surface area contributed by atoms with Crippen LogP contribution < -0.4 is 0 Å². The van der Waals surface area contributed by atoms with Crippen molar-refractivity contribution in [1.82, 2.24) is 19.5 Å². The lowest BCUT2D eigenvalue weighted by Crippen LogP contribution is -2.00. The second kappa shape index (κ2) is 13.8. The maximum atomic E-state index is 5.02. The first-order valence-electron chi connectivity index (χ1n) is 18.5. The molecule has 0 fully saturated rings. The Morgan fingerprint density at radius 2 is 0.618 bits per heavy atom. The molecule has 4 heteroatoms. The molecule has 0 amide bonds. The molecule has 55 heavy (non-hydrogen) atoms. The number of nitrogens with zero attached hydrogens (tertiary/aromatic N) is 4. The second-order valence-corrected chi connectivity index (χ2v) is 13.7. The Morgan fingerprint density at radius 3 is 1.16 bits per heavy atom. The molecule has 10 aromatic rings. The molecule has 0 atom stereocenters. The van der Waals surface area contributed by atoms with Gasteiger partial charge in [-0.15, -0.1) is 0 Å². The van der Waals surface area contributed by atoms with E-state index < -0.39 is 0 Å². The Labute approximate surface area is 319 Å². The third-order valence-corrected chi connectivity index (χ3v) is 10.2. The summed E-state index contributed by atoms with van der Waals surface area (Å²) in [7, 11) is 0. The monoisotopic (exact) mass is 702 g/mol. The maximum absolute atomic E-state index is 5.02. The van der Waals surface area contributed by atoms with Gasteiger partial charge >= 0.3 is 0 Å². The Kier molecular flexibility index (Phi) is 8.12. The van der Waals surface area contributed by atoms with Gasteiger partial charge < -0.3 is 4.57 Å².